The summed E-state index contributed by atoms with van der Waals surface area (Å²) in [7, 11) is 2.33. The van der Waals surface area contributed by atoms with Gasteiger partial charge in [0.2, 0.25) is 0 Å². The second kappa shape index (κ2) is 17.5. The van der Waals surface area contributed by atoms with E-state index in [0.29, 0.717) is 14.5 Å². The Bertz CT molecular complexity index is 1200. The molecule has 0 aromatic heterocycles. The number of nitrogens with zero attached hydrogens (tertiary/aromatic N) is 1. The zero-order valence-electron chi connectivity index (χ0n) is 31.5. The molecule has 0 amide bonds. The quantitative estimate of drug-likeness (QED) is 0.0705. The topological polar surface area (TPSA) is 30.8 Å². The van der Waals surface area contributed by atoms with E-state index >= 15 is 0 Å². The highest BCUT2D eigenvalue weighted by molar-refractivity contribution is 7.48. The molecule has 2 aromatic carbocycles. The molecule has 0 aliphatic rings. The maximum absolute atomic E-state index is 6.78. The Morgan fingerprint density at radius 2 is 1.47 bits per heavy atom. The number of hydrogen-bond acceptors (Lipinski definition) is 3. The van der Waals surface area contributed by atoms with Crippen LogP contribution in [0.1, 0.15) is 163 Å². The Hall–Kier alpha value is -1.70. The van der Waals surface area contributed by atoms with Gasteiger partial charge < -0.3 is 9.47 Å². The molecular weight excluding hydrogens is 569 g/mol. The van der Waals surface area contributed by atoms with Crippen molar-refractivity contribution in [3.05, 3.63) is 58.7 Å². The van der Waals surface area contributed by atoms with Crippen LogP contribution in [0.5, 0.6) is 5.75 Å². The first-order chi connectivity index (χ1) is 21.1. The van der Waals surface area contributed by atoms with Gasteiger partial charge in [-0.2, -0.15) is 0 Å². The first-order valence-corrected chi connectivity index (χ1v) is 18.8. The lowest BCUT2D eigenvalue weighted by Gasteiger charge is -2.41. The van der Waals surface area contributed by atoms with E-state index in [4.69, 9.17) is 14.5 Å². The van der Waals surface area contributed by atoms with Gasteiger partial charge >= 0.3 is 0 Å². The van der Waals surface area contributed by atoms with E-state index in [0.717, 1.165) is 18.6 Å². The van der Waals surface area contributed by atoms with Gasteiger partial charge in [0.25, 0.3) is 0 Å². The Labute approximate surface area is 280 Å². The van der Waals surface area contributed by atoms with Gasteiger partial charge in [-0.05, 0) is 73.2 Å². The second-order valence-electron chi connectivity index (χ2n) is 15.9. The van der Waals surface area contributed by atoms with Crippen molar-refractivity contribution in [2.45, 2.75) is 162 Å². The zero-order chi connectivity index (χ0) is 33.9. The summed E-state index contributed by atoms with van der Waals surface area (Å²) >= 11 is 0. The molecule has 0 spiro atoms. The molecular formula is C41H68NO2P. The second-order valence-corrected chi connectivity index (χ2v) is 17.6. The fraction of sp³-hybridized carbons (Fsp3) is 0.683. The standard InChI is InChI=1S/C41H68NO2P/c1-14-17-19-23-31(4)40(11,12)34-27-33(38(5,6)7)28-35(37(34)44-30-43-13)41(16-3,26-22-18-15-2)45-36-25-21-20-24-32(36)29-42-39(8,9)10/h20-21,24-25,27-29,31,45H,14-19,22-23,26,30H2,1-13H3/b42-29+. The molecule has 3 unspecified atom stereocenters. The molecule has 2 aromatic rings. The molecule has 0 N–H and O–H groups in total. The molecule has 0 fully saturated rings. The van der Waals surface area contributed by atoms with Crippen LogP contribution in [-0.4, -0.2) is 25.7 Å². The summed E-state index contributed by atoms with van der Waals surface area (Å²) in [4.78, 5) is 4.93. The summed E-state index contributed by atoms with van der Waals surface area (Å²) in [6.07, 6.45) is 12.9. The molecule has 0 radical (unpaired) electrons. The predicted molar refractivity (Wildman–Crippen MR) is 202 cm³/mol. The average molecular weight is 638 g/mol. The molecule has 45 heavy (non-hydrogen) atoms. The highest BCUT2D eigenvalue weighted by atomic mass is 31.1. The van der Waals surface area contributed by atoms with Crippen molar-refractivity contribution in [2.24, 2.45) is 10.9 Å². The van der Waals surface area contributed by atoms with Gasteiger partial charge in [0, 0.05) is 29.6 Å². The van der Waals surface area contributed by atoms with Crippen molar-refractivity contribution < 1.29 is 9.47 Å². The lowest BCUT2D eigenvalue weighted by molar-refractivity contribution is 0.0478. The maximum Gasteiger partial charge on any atom is 0.188 e. The molecule has 3 nitrogen and oxygen atoms in total. The van der Waals surface area contributed by atoms with Gasteiger partial charge in [-0.1, -0.05) is 146 Å². The van der Waals surface area contributed by atoms with Gasteiger partial charge in [0.05, 0.1) is 5.54 Å². The number of aliphatic imine (C=N–C) groups is 1. The molecule has 0 saturated carbocycles. The van der Waals surface area contributed by atoms with Crippen molar-refractivity contribution in [1.82, 2.24) is 0 Å². The van der Waals surface area contributed by atoms with Gasteiger partial charge in [-0.25, -0.2) is 0 Å². The lowest BCUT2D eigenvalue weighted by Crippen LogP contribution is -2.32. The SMILES string of the molecule is CCCCCC(C)C(C)(C)c1cc(C(C)(C)C)cc(C(CC)(CCCCC)Pc2ccccc2/C=N/C(C)(C)C)c1OCOC. The van der Waals surface area contributed by atoms with Crippen LogP contribution in [0.3, 0.4) is 0 Å². The fourth-order valence-electron chi connectivity index (χ4n) is 6.14. The van der Waals surface area contributed by atoms with Crippen LogP contribution in [0.2, 0.25) is 0 Å². The molecule has 254 valence electrons. The maximum atomic E-state index is 6.78. The first kappa shape index (κ1) is 39.5. The first-order valence-electron chi connectivity index (χ1n) is 17.8. The van der Waals surface area contributed by atoms with E-state index in [1.54, 1.807) is 7.11 Å². The van der Waals surface area contributed by atoms with Crippen LogP contribution in [0.4, 0.5) is 0 Å². The monoisotopic (exact) mass is 637 g/mol. The minimum Gasteiger partial charge on any atom is -0.467 e. The van der Waals surface area contributed by atoms with E-state index in [9.17, 15) is 0 Å². The number of benzene rings is 2. The highest BCUT2D eigenvalue weighted by Gasteiger charge is 2.40. The Morgan fingerprint density at radius 3 is 2.04 bits per heavy atom. The normalized spacial score (nSPS) is 15.2. The van der Waals surface area contributed by atoms with Gasteiger partial charge in [0.1, 0.15) is 5.75 Å². The summed E-state index contributed by atoms with van der Waals surface area (Å²) < 4.78 is 12.4. The molecule has 4 heteroatoms. The predicted octanol–water partition coefficient (Wildman–Crippen LogP) is 11.9. The summed E-state index contributed by atoms with van der Waals surface area (Å²) in [5.41, 5.74) is 5.17. The Morgan fingerprint density at radius 1 is 0.844 bits per heavy atom. The third-order valence-electron chi connectivity index (χ3n) is 9.69. The van der Waals surface area contributed by atoms with Crippen molar-refractivity contribution >= 4 is 20.1 Å². The molecule has 0 aliphatic carbocycles. The molecule has 0 aliphatic heterocycles. The molecule has 0 heterocycles. The van der Waals surface area contributed by atoms with Crippen molar-refractivity contribution in [3.8, 4) is 5.75 Å². The van der Waals surface area contributed by atoms with E-state index in [1.807, 2.05) is 0 Å². The van der Waals surface area contributed by atoms with Gasteiger partial charge in [-0.3, -0.25) is 4.99 Å². The van der Waals surface area contributed by atoms with Gasteiger partial charge in [0.15, 0.2) is 6.79 Å². The smallest absolute Gasteiger partial charge is 0.188 e. The number of unbranched alkanes of at least 4 members (excludes halogenated alkanes) is 4. The van der Waals surface area contributed by atoms with Crippen LogP contribution in [0.15, 0.2) is 41.4 Å². The number of ether oxygens (including phenoxy) is 2. The number of rotatable bonds is 18. The van der Waals surface area contributed by atoms with E-state index in [1.165, 1.54) is 72.5 Å². The average Bonchev–Trinajstić information content (AvgIpc) is 2.97. The van der Waals surface area contributed by atoms with Crippen LogP contribution in [-0.2, 0) is 20.7 Å². The summed E-state index contributed by atoms with van der Waals surface area (Å²) in [5, 5.41) is 1.32. The minimum atomic E-state index is -0.115. The van der Waals surface area contributed by atoms with Crippen LogP contribution in [0, 0.1) is 5.92 Å². The lowest BCUT2D eigenvalue weighted by atomic mass is 9.69. The van der Waals surface area contributed by atoms with Crippen molar-refractivity contribution in [3.63, 3.8) is 0 Å². The van der Waals surface area contributed by atoms with Crippen molar-refractivity contribution in [1.29, 1.82) is 0 Å². The third kappa shape index (κ3) is 11.2. The van der Waals surface area contributed by atoms with Crippen molar-refractivity contribution in [2.75, 3.05) is 13.9 Å². The van der Waals surface area contributed by atoms with Crippen LogP contribution < -0.4 is 10.0 Å². The Kier molecular flexibility index (Phi) is 15.3. The number of hydrogen-bond donors (Lipinski definition) is 0. The Balaban J connectivity index is 2.96. The summed E-state index contributed by atoms with van der Waals surface area (Å²) in [6.45, 7) is 28.1. The van der Waals surface area contributed by atoms with Crippen LogP contribution >= 0.6 is 8.58 Å². The molecule has 3 atom stereocenters. The molecule has 0 bridgehead atoms. The van der Waals surface area contributed by atoms with Crippen LogP contribution in [0.25, 0.3) is 0 Å². The molecule has 2 rings (SSSR count). The summed E-state index contributed by atoms with van der Waals surface area (Å²) in [6, 6.07) is 13.9. The number of methoxy groups -OCH3 is 1. The highest BCUT2D eigenvalue weighted by Crippen LogP contribution is 2.55. The van der Waals surface area contributed by atoms with E-state index in [-0.39, 0.29) is 28.3 Å². The zero-order valence-corrected chi connectivity index (χ0v) is 32.5. The van der Waals surface area contributed by atoms with E-state index in [2.05, 4.69) is 126 Å². The fourth-order valence-corrected chi connectivity index (χ4v) is 7.92. The summed E-state index contributed by atoms with van der Waals surface area (Å²) in [5.74, 6) is 1.58. The third-order valence-corrected chi connectivity index (χ3v) is 11.8. The largest absolute Gasteiger partial charge is 0.467 e. The van der Waals surface area contributed by atoms with E-state index < -0.39 is 0 Å². The van der Waals surface area contributed by atoms with Gasteiger partial charge in [-0.15, -0.1) is 0 Å². The minimum absolute atomic E-state index is 0.00804. The molecule has 0 saturated heterocycles.